The molecule has 0 aliphatic rings. The lowest BCUT2D eigenvalue weighted by Crippen LogP contribution is -1.56. The van der Waals surface area contributed by atoms with Gasteiger partial charge in [0.1, 0.15) is 0 Å². The molecule has 1 nitrogen and oxygen atoms in total. The predicted molar refractivity (Wildman–Crippen MR) is 27.3 cm³/mol. The van der Waals surface area contributed by atoms with Crippen molar-refractivity contribution in [2.75, 3.05) is 0 Å². The quantitative estimate of drug-likeness (QED) is 0.387. The minimum atomic E-state index is -2.91. The first-order valence-corrected chi connectivity index (χ1v) is 1.93. The van der Waals surface area contributed by atoms with Gasteiger partial charge in [0.25, 0.3) is 0 Å². The van der Waals surface area contributed by atoms with Crippen molar-refractivity contribution in [3.8, 4) is 6.07 Å². The highest BCUT2D eigenvalue weighted by Crippen LogP contribution is 2.08. The molecule has 0 radical (unpaired) electrons. The van der Waals surface area contributed by atoms with E-state index >= 15 is 0 Å². The smallest absolute Gasteiger partial charge is 0.193 e. The highest BCUT2D eigenvalue weighted by Gasteiger charge is 1.98. The van der Waals surface area contributed by atoms with Crippen LogP contribution in [0.3, 0.4) is 0 Å². The molecule has 0 N–H and O–H groups in total. The second kappa shape index (κ2) is 7.69. The Bertz CT molecular complexity index is 149. The third-order valence-electron chi connectivity index (χ3n) is 0.234. The molecule has 0 spiro atoms. The van der Waals surface area contributed by atoms with E-state index in [2.05, 4.69) is 6.58 Å². The Balaban J connectivity index is 0. The molecule has 0 aliphatic carbocycles. The molecule has 0 aliphatic heterocycles. The lowest BCUT2D eigenvalue weighted by atomic mass is 10.8. The molecule has 0 amide bonds. The van der Waals surface area contributed by atoms with Gasteiger partial charge >= 0.3 is 12.2 Å². The average Bonchev–Trinajstić information content (AvgIpc) is 1.89. The zero-order chi connectivity index (χ0) is 8.57. The van der Waals surface area contributed by atoms with Crippen molar-refractivity contribution in [1.82, 2.24) is 0 Å². The van der Waals surface area contributed by atoms with Gasteiger partial charge in [-0.1, -0.05) is 6.58 Å². The Kier molecular flexibility index (Phi) is 8.83. The standard InChI is InChI=1S/C3H3N.C2F4/c1-2-3-4;3-1(4)2(5)6/h2H,1H2;. The Morgan fingerprint density at radius 3 is 1.40 bits per heavy atom. The fourth-order valence-electron chi connectivity index (χ4n) is 0. The number of halogens is 4. The van der Waals surface area contributed by atoms with Crippen LogP contribution in [-0.2, 0) is 0 Å². The van der Waals surface area contributed by atoms with Crippen molar-refractivity contribution in [2.24, 2.45) is 0 Å². The summed E-state index contributed by atoms with van der Waals surface area (Å²) < 4.78 is 41.1. The maximum Gasteiger partial charge on any atom is 0.334 e. The van der Waals surface area contributed by atoms with E-state index in [1.807, 2.05) is 0 Å². The summed E-state index contributed by atoms with van der Waals surface area (Å²) in [6.07, 6.45) is -4.63. The van der Waals surface area contributed by atoms with Crippen LogP contribution in [0.1, 0.15) is 0 Å². The lowest BCUT2D eigenvalue weighted by Gasteiger charge is -1.69. The van der Waals surface area contributed by atoms with Gasteiger partial charge in [-0.25, -0.2) is 0 Å². The monoisotopic (exact) mass is 153 g/mol. The molecule has 0 aromatic heterocycles. The van der Waals surface area contributed by atoms with E-state index in [0.717, 1.165) is 0 Å². The number of hydrogen-bond acceptors (Lipinski definition) is 1. The minimum Gasteiger partial charge on any atom is -0.193 e. The number of hydrogen-bond donors (Lipinski definition) is 0. The van der Waals surface area contributed by atoms with Gasteiger partial charge in [0.05, 0.1) is 6.07 Å². The lowest BCUT2D eigenvalue weighted by molar-refractivity contribution is 0.308. The normalized spacial score (nSPS) is 6.30. The van der Waals surface area contributed by atoms with Crippen molar-refractivity contribution in [3.05, 3.63) is 24.8 Å². The summed E-state index contributed by atoms with van der Waals surface area (Å²) in [6, 6.07) is 1.69. The van der Waals surface area contributed by atoms with Gasteiger partial charge in [0, 0.05) is 6.08 Å². The van der Waals surface area contributed by atoms with Gasteiger partial charge in [-0.15, -0.1) is 0 Å². The summed E-state index contributed by atoms with van der Waals surface area (Å²) in [5, 5.41) is 7.51. The van der Waals surface area contributed by atoms with Crippen molar-refractivity contribution in [1.29, 1.82) is 5.26 Å². The Hall–Kier alpha value is -1.31. The van der Waals surface area contributed by atoms with Gasteiger partial charge in [-0.3, -0.25) is 0 Å². The molecule has 0 fully saturated rings. The van der Waals surface area contributed by atoms with Crippen molar-refractivity contribution >= 4 is 0 Å². The molecular weight excluding hydrogens is 150 g/mol. The molecule has 0 aromatic rings. The van der Waals surface area contributed by atoms with Crippen LogP contribution in [0, 0.1) is 11.3 Å². The second-order valence-corrected chi connectivity index (χ2v) is 0.854. The van der Waals surface area contributed by atoms with E-state index in [1.54, 1.807) is 6.07 Å². The second-order valence-electron chi connectivity index (χ2n) is 0.854. The van der Waals surface area contributed by atoms with Crippen LogP contribution in [0.2, 0.25) is 0 Å². The Morgan fingerprint density at radius 2 is 1.40 bits per heavy atom. The molecule has 0 saturated heterocycles. The zero-order valence-electron chi connectivity index (χ0n) is 4.74. The summed E-state index contributed by atoms with van der Waals surface area (Å²) in [6.45, 7) is 3.12. The first-order valence-electron chi connectivity index (χ1n) is 1.93. The maximum atomic E-state index is 10.3. The predicted octanol–water partition coefficient (Wildman–Crippen LogP) is 2.69. The first kappa shape index (κ1) is 11.5. The van der Waals surface area contributed by atoms with E-state index < -0.39 is 12.2 Å². The van der Waals surface area contributed by atoms with Crippen LogP contribution in [-0.4, -0.2) is 0 Å². The maximum absolute atomic E-state index is 10.3. The molecular formula is C5H3F4N. The summed E-state index contributed by atoms with van der Waals surface area (Å²) in [7, 11) is 0. The number of nitrogens with zero attached hydrogens (tertiary/aromatic N) is 1. The molecule has 0 rings (SSSR count). The van der Waals surface area contributed by atoms with Crippen LogP contribution in [0.15, 0.2) is 24.8 Å². The molecule has 0 aromatic carbocycles. The van der Waals surface area contributed by atoms with Gasteiger partial charge in [0.2, 0.25) is 0 Å². The van der Waals surface area contributed by atoms with E-state index in [4.69, 9.17) is 5.26 Å². The number of rotatable bonds is 0. The van der Waals surface area contributed by atoms with Crippen LogP contribution < -0.4 is 0 Å². The third-order valence-corrected chi connectivity index (χ3v) is 0.234. The van der Waals surface area contributed by atoms with Crippen LogP contribution in [0.5, 0.6) is 0 Å². The third kappa shape index (κ3) is 15.9. The van der Waals surface area contributed by atoms with Crippen LogP contribution in [0.25, 0.3) is 0 Å². The van der Waals surface area contributed by atoms with Crippen molar-refractivity contribution < 1.29 is 17.6 Å². The van der Waals surface area contributed by atoms with Gasteiger partial charge in [0.15, 0.2) is 0 Å². The molecule has 5 heteroatoms. The van der Waals surface area contributed by atoms with Crippen LogP contribution >= 0.6 is 0 Å². The average molecular weight is 153 g/mol. The molecule has 56 valence electrons. The van der Waals surface area contributed by atoms with E-state index in [-0.39, 0.29) is 0 Å². The summed E-state index contributed by atoms with van der Waals surface area (Å²) in [4.78, 5) is 0. The SMILES string of the molecule is C=CC#N.FC(F)=C(F)F. The molecule has 0 bridgehead atoms. The highest BCUT2D eigenvalue weighted by molar-refractivity contribution is 4.93. The Labute approximate surface area is 54.9 Å². The van der Waals surface area contributed by atoms with E-state index in [0.29, 0.717) is 0 Å². The molecule has 0 atom stereocenters. The van der Waals surface area contributed by atoms with Gasteiger partial charge < -0.3 is 0 Å². The molecule has 0 heterocycles. The topological polar surface area (TPSA) is 23.8 Å². The van der Waals surface area contributed by atoms with E-state index in [9.17, 15) is 17.6 Å². The molecule has 0 saturated carbocycles. The number of allylic oxidation sites excluding steroid dienone is 1. The zero-order valence-corrected chi connectivity index (χ0v) is 4.74. The van der Waals surface area contributed by atoms with Crippen molar-refractivity contribution in [3.63, 3.8) is 0 Å². The Morgan fingerprint density at radius 1 is 1.20 bits per heavy atom. The first-order chi connectivity index (χ1) is 4.56. The van der Waals surface area contributed by atoms with Crippen LogP contribution in [0.4, 0.5) is 17.6 Å². The molecule has 10 heavy (non-hydrogen) atoms. The summed E-state index contributed by atoms with van der Waals surface area (Å²) >= 11 is 0. The fourth-order valence-corrected chi connectivity index (χ4v) is 0. The summed E-state index contributed by atoms with van der Waals surface area (Å²) in [5.74, 6) is 0. The molecule has 0 unspecified atom stereocenters. The fraction of sp³-hybridized carbons (Fsp3) is 0. The summed E-state index contributed by atoms with van der Waals surface area (Å²) in [5.41, 5.74) is 0. The number of nitriles is 1. The minimum absolute atomic E-state index is 1.18. The van der Waals surface area contributed by atoms with Gasteiger partial charge in [-0.2, -0.15) is 22.8 Å². The van der Waals surface area contributed by atoms with E-state index in [1.165, 1.54) is 6.08 Å². The van der Waals surface area contributed by atoms with Gasteiger partial charge in [-0.05, 0) is 0 Å². The largest absolute Gasteiger partial charge is 0.334 e. The van der Waals surface area contributed by atoms with Crippen molar-refractivity contribution in [2.45, 2.75) is 0 Å². The highest BCUT2D eigenvalue weighted by atomic mass is 19.3.